The topological polar surface area (TPSA) is 66.0 Å². The van der Waals surface area contributed by atoms with Gasteiger partial charge < -0.3 is 14.5 Å². The molecule has 0 spiro atoms. The molecule has 1 saturated heterocycles. The standard InChI is InChI=1S/C20H21F3N4O3/c1-3-25(4-2)17-11-24-10-9-14(17)12-26-13-18(28)27(19(26)29)15-5-7-16(8-6-15)30-20(21,22)23/h5-11H,3-4,12-13H2,1-2H3. The largest absolute Gasteiger partial charge is 0.573 e. The molecule has 0 bridgehead atoms. The van der Waals surface area contributed by atoms with Crippen LogP contribution in [0.5, 0.6) is 5.75 Å². The number of carbonyl (C=O) groups is 2. The number of rotatable bonds is 7. The molecule has 30 heavy (non-hydrogen) atoms. The van der Waals surface area contributed by atoms with Crippen LogP contribution in [0.1, 0.15) is 19.4 Å². The van der Waals surface area contributed by atoms with Crippen molar-refractivity contribution < 1.29 is 27.5 Å². The van der Waals surface area contributed by atoms with Crippen LogP contribution in [-0.2, 0) is 11.3 Å². The van der Waals surface area contributed by atoms with Gasteiger partial charge in [-0.15, -0.1) is 13.2 Å². The summed E-state index contributed by atoms with van der Waals surface area (Å²) in [5.74, 6) is -0.884. The van der Waals surface area contributed by atoms with Crippen LogP contribution < -0.4 is 14.5 Å². The third-order valence-corrected chi connectivity index (χ3v) is 4.72. The number of nitrogens with zero attached hydrogens (tertiary/aromatic N) is 4. The van der Waals surface area contributed by atoms with Gasteiger partial charge >= 0.3 is 12.4 Å². The Labute approximate surface area is 171 Å². The average molecular weight is 422 g/mol. The molecule has 1 aliphatic rings. The highest BCUT2D eigenvalue weighted by atomic mass is 19.4. The SMILES string of the molecule is CCN(CC)c1cnccc1CN1CC(=O)N(c2ccc(OC(F)(F)F)cc2)C1=O. The Hall–Kier alpha value is -3.30. The fourth-order valence-electron chi connectivity index (χ4n) is 3.33. The van der Waals surface area contributed by atoms with Gasteiger partial charge in [-0.1, -0.05) is 0 Å². The lowest BCUT2D eigenvalue weighted by Crippen LogP contribution is -2.33. The molecule has 0 N–H and O–H groups in total. The van der Waals surface area contributed by atoms with Crippen molar-refractivity contribution in [2.75, 3.05) is 29.4 Å². The van der Waals surface area contributed by atoms with E-state index in [1.54, 1.807) is 18.5 Å². The normalized spacial score (nSPS) is 14.4. The molecule has 1 aliphatic heterocycles. The van der Waals surface area contributed by atoms with Gasteiger partial charge in [-0.25, -0.2) is 9.69 Å². The number of aromatic nitrogens is 1. The van der Waals surface area contributed by atoms with Gasteiger partial charge in [0.25, 0.3) is 5.91 Å². The molecule has 3 amide bonds. The van der Waals surface area contributed by atoms with E-state index in [1.807, 2.05) is 13.8 Å². The average Bonchev–Trinajstić information content (AvgIpc) is 2.97. The summed E-state index contributed by atoms with van der Waals surface area (Å²) in [6.45, 7) is 5.64. The Balaban J connectivity index is 1.78. The Bertz CT molecular complexity index is 914. The van der Waals surface area contributed by atoms with Gasteiger partial charge in [0.1, 0.15) is 12.3 Å². The number of ether oxygens (including phenoxy) is 1. The molecule has 3 rings (SSSR count). The van der Waals surface area contributed by atoms with Gasteiger partial charge in [0.15, 0.2) is 0 Å². The van der Waals surface area contributed by atoms with Crippen LogP contribution in [0.3, 0.4) is 0 Å². The van der Waals surface area contributed by atoms with Gasteiger partial charge in [-0.05, 0) is 49.7 Å². The highest BCUT2D eigenvalue weighted by Crippen LogP contribution is 2.29. The van der Waals surface area contributed by atoms with E-state index in [2.05, 4.69) is 14.6 Å². The lowest BCUT2D eigenvalue weighted by molar-refractivity contribution is -0.274. The number of amides is 3. The predicted molar refractivity (Wildman–Crippen MR) is 104 cm³/mol. The van der Waals surface area contributed by atoms with Gasteiger partial charge in [0.05, 0.1) is 24.1 Å². The Morgan fingerprint density at radius 1 is 1.10 bits per heavy atom. The first-order valence-electron chi connectivity index (χ1n) is 9.39. The van der Waals surface area contributed by atoms with Crippen LogP contribution in [0.15, 0.2) is 42.7 Å². The number of halogens is 3. The summed E-state index contributed by atoms with van der Waals surface area (Å²) in [7, 11) is 0. The van der Waals surface area contributed by atoms with Crippen molar-refractivity contribution in [1.82, 2.24) is 9.88 Å². The number of hydrogen-bond acceptors (Lipinski definition) is 5. The number of hydrogen-bond donors (Lipinski definition) is 0. The zero-order valence-electron chi connectivity index (χ0n) is 16.5. The molecule has 0 radical (unpaired) electrons. The zero-order chi connectivity index (χ0) is 21.9. The lowest BCUT2D eigenvalue weighted by Gasteiger charge is -2.25. The first kappa shape index (κ1) is 21.4. The molecule has 1 aromatic carbocycles. The van der Waals surface area contributed by atoms with Crippen molar-refractivity contribution in [3.8, 4) is 5.75 Å². The van der Waals surface area contributed by atoms with Crippen LogP contribution in [0, 0.1) is 0 Å². The van der Waals surface area contributed by atoms with Crippen molar-refractivity contribution in [1.29, 1.82) is 0 Å². The maximum Gasteiger partial charge on any atom is 0.573 e. The third-order valence-electron chi connectivity index (χ3n) is 4.72. The first-order valence-corrected chi connectivity index (χ1v) is 9.39. The second-order valence-electron chi connectivity index (χ2n) is 6.59. The molecule has 1 fully saturated rings. The molecule has 0 aliphatic carbocycles. The Morgan fingerprint density at radius 2 is 1.77 bits per heavy atom. The van der Waals surface area contributed by atoms with E-state index in [-0.39, 0.29) is 18.8 Å². The van der Waals surface area contributed by atoms with Gasteiger partial charge in [-0.3, -0.25) is 9.78 Å². The third kappa shape index (κ3) is 4.64. The maximum atomic E-state index is 12.8. The minimum absolute atomic E-state index is 0.125. The van der Waals surface area contributed by atoms with Gasteiger partial charge in [0.2, 0.25) is 0 Å². The highest BCUT2D eigenvalue weighted by Gasteiger charge is 2.37. The smallest absolute Gasteiger partial charge is 0.406 e. The number of carbonyl (C=O) groups excluding carboxylic acids is 2. The van der Waals surface area contributed by atoms with Crippen LogP contribution in [0.4, 0.5) is 29.3 Å². The van der Waals surface area contributed by atoms with Crippen LogP contribution in [-0.4, -0.2) is 47.8 Å². The van der Waals surface area contributed by atoms with E-state index < -0.39 is 24.1 Å². The molecule has 0 atom stereocenters. The fraction of sp³-hybridized carbons (Fsp3) is 0.350. The van der Waals surface area contributed by atoms with Crippen molar-refractivity contribution in [3.63, 3.8) is 0 Å². The van der Waals surface area contributed by atoms with Crippen LogP contribution >= 0.6 is 0 Å². The molecule has 1 aromatic heterocycles. The van der Waals surface area contributed by atoms with E-state index in [0.717, 1.165) is 41.4 Å². The number of imide groups is 1. The van der Waals surface area contributed by atoms with Crippen LogP contribution in [0.25, 0.3) is 0 Å². The van der Waals surface area contributed by atoms with Crippen molar-refractivity contribution in [2.45, 2.75) is 26.8 Å². The molecule has 0 saturated carbocycles. The van der Waals surface area contributed by atoms with Crippen molar-refractivity contribution in [3.05, 3.63) is 48.3 Å². The Morgan fingerprint density at radius 3 is 2.37 bits per heavy atom. The quantitative estimate of drug-likeness (QED) is 0.635. The molecule has 0 unspecified atom stereocenters. The second kappa shape index (κ2) is 8.60. The first-order chi connectivity index (χ1) is 14.2. The number of urea groups is 1. The minimum Gasteiger partial charge on any atom is -0.406 e. The number of benzene rings is 1. The van der Waals surface area contributed by atoms with E-state index in [0.29, 0.717) is 0 Å². The predicted octanol–water partition coefficient (Wildman–Crippen LogP) is 3.80. The summed E-state index contributed by atoms with van der Waals surface area (Å²) >= 11 is 0. The summed E-state index contributed by atoms with van der Waals surface area (Å²) in [6.07, 6.45) is -1.46. The monoisotopic (exact) mass is 422 g/mol. The summed E-state index contributed by atoms with van der Waals surface area (Å²) in [5.41, 5.74) is 1.92. The van der Waals surface area contributed by atoms with E-state index >= 15 is 0 Å². The van der Waals surface area contributed by atoms with Crippen molar-refractivity contribution in [2.24, 2.45) is 0 Å². The number of anilines is 2. The number of alkyl halides is 3. The molecule has 2 aromatic rings. The van der Waals surface area contributed by atoms with Gasteiger partial charge in [0, 0.05) is 19.3 Å². The Kier molecular flexibility index (Phi) is 6.14. The molecule has 160 valence electrons. The second-order valence-corrected chi connectivity index (χ2v) is 6.59. The summed E-state index contributed by atoms with van der Waals surface area (Å²) < 4.78 is 40.8. The van der Waals surface area contributed by atoms with Crippen LogP contribution in [0.2, 0.25) is 0 Å². The molecular weight excluding hydrogens is 401 g/mol. The fourth-order valence-corrected chi connectivity index (χ4v) is 3.33. The van der Waals surface area contributed by atoms with E-state index in [9.17, 15) is 22.8 Å². The van der Waals surface area contributed by atoms with Gasteiger partial charge in [-0.2, -0.15) is 0 Å². The summed E-state index contributed by atoms with van der Waals surface area (Å²) in [4.78, 5) is 33.9. The minimum atomic E-state index is -4.81. The number of pyridine rings is 1. The van der Waals surface area contributed by atoms with E-state index in [1.165, 1.54) is 17.0 Å². The molecule has 7 nitrogen and oxygen atoms in total. The van der Waals surface area contributed by atoms with E-state index in [4.69, 9.17) is 0 Å². The summed E-state index contributed by atoms with van der Waals surface area (Å²) in [6, 6.07) is 5.88. The maximum absolute atomic E-state index is 12.8. The zero-order valence-corrected chi connectivity index (χ0v) is 16.5. The molecule has 10 heteroatoms. The van der Waals surface area contributed by atoms with Crippen molar-refractivity contribution >= 4 is 23.3 Å². The lowest BCUT2D eigenvalue weighted by atomic mass is 10.2. The molecular formula is C20H21F3N4O3. The summed E-state index contributed by atoms with van der Waals surface area (Å²) in [5, 5.41) is 0. The highest BCUT2D eigenvalue weighted by molar-refractivity contribution is 6.19. The molecule has 2 heterocycles.